The number of anilines is 1. The second-order valence-corrected chi connectivity index (χ2v) is 7.36. The van der Waals surface area contributed by atoms with Crippen molar-refractivity contribution < 1.29 is 19.1 Å². The number of hydrogen-bond donors (Lipinski definition) is 2. The highest BCUT2D eigenvalue weighted by atomic mass is 35.5. The summed E-state index contributed by atoms with van der Waals surface area (Å²) < 4.78 is 5.26. The van der Waals surface area contributed by atoms with Gasteiger partial charge in [0.15, 0.2) is 0 Å². The van der Waals surface area contributed by atoms with E-state index in [2.05, 4.69) is 15.6 Å². The van der Waals surface area contributed by atoms with Gasteiger partial charge in [-0.2, -0.15) is 0 Å². The van der Waals surface area contributed by atoms with Crippen LogP contribution in [0.5, 0.6) is 5.75 Å². The van der Waals surface area contributed by atoms with Crippen LogP contribution in [0.1, 0.15) is 23.2 Å². The molecule has 2 heterocycles. The maximum absolute atomic E-state index is 12.8. The minimum atomic E-state index is -0.322. The third-order valence-corrected chi connectivity index (χ3v) is 5.15. The molecular weight excluding hydrogens is 408 g/mol. The maximum atomic E-state index is 12.8. The van der Waals surface area contributed by atoms with Crippen LogP contribution in [0, 0.1) is 5.92 Å². The number of halogens is 1. The molecule has 0 unspecified atom stereocenters. The number of likely N-dealkylation sites (tertiary alicyclic amines) is 1. The summed E-state index contributed by atoms with van der Waals surface area (Å²) in [5.41, 5.74) is 0.972. The van der Waals surface area contributed by atoms with Crippen molar-refractivity contribution in [2.75, 3.05) is 32.1 Å². The number of nitrogens with one attached hydrogen (secondary N) is 2. The lowest BCUT2D eigenvalue weighted by atomic mass is 9.95. The fraction of sp³-hybridized carbons (Fsp3) is 0.333. The van der Waals surface area contributed by atoms with E-state index in [0.29, 0.717) is 48.0 Å². The first-order chi connectivity index (χ1) is 14.5. The molecule has 1 saturated heterocycles. The number of aromatic nitrogens is 1. The Balaban J connectivity index is 1.48. The Morgan fingerprint density at radius 2 is 2.00 bits per heavy atom. The molecule has 0 atom stereocenters. The molecule has 1 aromatic carbocycles. The molecule has 2 N–H and O–H groups in total. The standard InChI is InChI=1S/C21H23ClN4O4/c1-30-18-5-4-15(22)11-17(18)21(29)26-9-6-14(7-10-26)20(28)24-13-19(27)25-16-3-2-8-23-12-16/h2-5,8,11-12,14H,6-7,9-10,13H2,1H3,(H,24,28)(H,25,27). The number of carbonyl (C=O) groups is 3. The summed E-state index contributed by atoms with van der Waals surface area (Å²) in [5.74, 6) is -0.477. The molecule has 0 bridgehead atoms. The largest absolute Gasteiger partial charge is 0.496 e. The summed E-state index contributed by atoms with van der Waals surface area (Å²) >= 11 is 6.02. The second kappa shape index (κ2) is 10.1. The Kier molecular flexibility index (Phi) is 7.24. The topological polar surface area (TPSA) is 101 Å². The zero-order chi connectivity index (χ0) is 21.5. The first-order valence-electron chi connectivity index (χ1n) is 9.58. The number of ether oxygens (including phenoxy) is 1. The highest BCUT2D eigenvalue weighted by molar-refractivity contribution is 6.31. The predicted molar refractivity (Wildman–Crippen MR) is 113 cm³/mol. The van der Waals surface area contributed by atoms with Gasteiger partial charge in [-0.25, -0.2) is 0 Å². The smallest absolute Gasteiger partial charge is 0.257 e. The van der Waals surface area contributed by atoms with E-state index in [-0.39, 0.29) is 30.2 Å². The maximum Gasteiger partial charge on any atom is 0.257 e. The number of piperidine rings is 1. The van der Waals surface area contributed by atoms with Crippen molar-refractivity contribution in [3.05, 3.63) is 53.3 Å². The Labute approximate surface area is 179 Å². The fourth-order valence-electron chi connectivity index (χ4n) is 3.32. The van der Waals surface area contributed by atoms with Crippen molar-refractivity contribution in [1.82, 2.24) is 15.2 Å². The van der Waals surface area contributed by atoms with Gasteiger partial charge in [-0.15, -0.1) is 0 Å². The van der Waals surface area contributed by atoms with Gasteiger partial charge in [0.25, 0.3) is 5.91 Å². The van der Waals surface area contributed by atoms with Crippen LogP contribution >= 0.6 is 11.6 Å². The van der Waals surface area contributed by atoms with Gasteiger partial charge in [0.2, 0.25) is 11.8 Å². The zero-order valence-electron chi connectivity index (χ0n) is 16.6. The van der Waals surface area contributed by atoms with Gasteiger partial charge in [0.05, 0.1) is 31.1 Å². The number of amides is 3. The number of rotatable bonds is 6. The molecule has 3 rings (SSSR count). The highest BCUT2D eigenvalue weighted by Crippen LogP contribution is 2.26. The van der Waals surface area contributed by atoms with E-state index in [1.807, 2.05) is 0 Å². The van der Waals surface area contributed by atoms with Gasteiger partial charge in [-0.1, -0.05) is 11.6 Å². The fourth-order valence-corrected chi connectivity index (χ4v) is 3.49. The number of nitrogens with zero attached hydrogens (tertiary/aromatic N) is 2. The molecule has 1 aliphatic heterocycles. The lowest BCUT2D eigenvalue weighted by Crippen LogP contribution is -2.44. The number of methoxy groups -OCH3 is 1. The van der Waals surface area contributed by atoms with Gasteiger partial charge in [0, 0.05) is 30.2 Å². The van der Waals surface area contributed by atoms with Crippen LogP contribution in [0.15, 0.2) is 42.7 Å². The van der Waals surface area contributed by atoms with E-state index in [1.165, 1.54) is 13.3 Å². The molecule has 1 fully saturated rings. The summed E-state index contributed by atoms with van der Waals surface area (Å²) in [6.45, 7) is 0.759. The Bertz CT molecular complexity index is 914. The molecule has 158 valence electrons. The van der Waals surface area contributed by atoms with Crippen molar-refractivity contribution >= 4 is 35.0 Å². The van der Waals surface area contributed by atoms with E-state index in [1.54, 1.807) is 41.4 Å². The lowest BCUT2D eigenvalue weighted by Gasteiger charge is -2.31. The Hall–Kier alpha value is -3.13. The quantitative estimate of drug-likeness (QED) is 0.732. The van der Waals surface area contributed by atoms with Crippen molar-refractivity contribution in [2.45, 2.75) is 12.8 Å². The zero-order valence-corrected chi connectivity index (χ0v) is 17.3. The normalized spacial score (nSPS) is 14.1. The molecule has 8 nitrogen and oxygen atoms in total. The van der Waals surface area contributed by atoms with E-state index in [9.17, 15) is 14.4 Å². The molecule has 1 aromatic heterocycles. The SMILES string of the molecule is COc1ccc(Cl)cc1C(=O)N1CCC(C(=O)NCC(=O)Nc2cccnc2)CC1. The van der Waals surface area contributed by atoms with E-state index in [4.69, 9.17) is 16.3 Å². The molecule has 0 radical (unpaired) electrons. The Morgan fingerprint density at radius 3 is 2.67 bits per heavy atom. The number of pyridine rings is 1. The van der Waals surface area contributed by atoms with Crippen LogP contribution in [-0.2, 0) is 9.59 Å². The van der Waals surface area contributed by atoms with Gasteiger partial charge in [-0.05, 0) is 43.2 Å². The second-order valence-electron chi connectivity index (χ2n) is 6.92. The number of benzene rings is 1. The van der Waals surface area contributed by atoms with Gasteiger partial charge < -0.3 is 20.3 Å². The summed E-state index contributed by atoms with van der Waals surface area (Å²) in [6.07, 6.45) is 4.17. The van der Waals surface area contributed by atoms with Crippen molar-refractivity contribution in [2.24, 2.45) is 5.92 Å². The van der Waals surface area contributed by atoms with Crippen LogP contribution in [0.3, 0.4) is 0 Å². The third kappa shape index (κ3) is 5.48. The van der Waals surface area contributed by atoms with E-state index in [0.717, 1.165) is 0 Å². The molecule has 3 amide bonds. The predicted octanol–water partition coefficient (Wildman–Crippen LogP) is 2.35. The minimum Gasteiger partial charge on any atom is -0.496 e. The monoisotopic (exact) mass is 430 g/mol. The lowest BCUT2D eigenvalue weighted by molar-refractivity contribution is -0.128. The summed E-state index contributed by atoms with van der Waals surface area (Å²) in [6, 6.07) is 8.34. The summed E-state index contributed by atoms with van der Waals surface area (Å²) in [4.78, 5) is 42.8. The van der Waals surface area contributed by atoms with Crippen LogP contribution in [0.2, 0.25) is 5.02 Å². The van der Waals surface area contributed by atoms with Gasteiger partial charge in [-0.3, -0.25) is 19.4 Å². The molecule has 9 heteroatoms. The molecule has 1 aliphatic rings. The first kappa shape index (κ1) is 21.6. The molecule has 0 spiro atoms. The summed E-state index contributed by atoms with van der Waals surface area (Å²) in [5, 5.41) is 5.78. The van der Waals surface area contributed by atoms with Gasteiger partial charge in [0.1, 0.15) is 5.75 Å². The number of carbonyl (C=O) groups excluding carboxylic acids is 3. The van der Waals surface area contributed by atoms with Crippen LogP contribution in [0.4, 0.5) is 5.69 Å². The molecule has 0 aliphatic carbocycles. The molecule has 2 aromatic rings. The summed E-state index contributed by atoms with van der Waals surface area (Å²) in [7, 11) is 1.50. The average molecular weight is 431 g/mol. The van der Waals surface area contributed by atoms with Crippen molar-refractivity contribution in [3.63, 3.8) is 0 Å². The highest BCUT2D eigenvalue weighted by Gasteiger charge is 2.29. The third-order valence-electron chi connectivity index (χ3n) is 4.91. The van der Waals surface area contributed by atoms with Crippen molar-refractivity contribution in [3.8, 4) is 5.75 Å². The Morgan fingerprint density at radius 1 is 1.23 bits per heavy atom. The van der Waals surface area contributed by atoms with E-state index >= 15 is 0 Å². The number of hydrogen-bond acceptors (Lipinski definition) is 5. The van der Waals surface area contributed by atoms with Crippen LogP contribution in [0.25, 0.3) is 0 Å². The van der Waals surface area contributed by atoms with Crippen molar-refractivity contribution in [1.29, 1.82) is 0 Å². The van der Waals surface area contributed by atoms with Crippen LogP contribution < -0.4 is 15.4 Å². The first-order valence-corrected chi connectivity index (χ1v) is 9.96. The molecule has 0 saturated carbocycles. The molecular formula is C21H23ClN4O4. The van der Waals surface area contributed by atoms with Gasteiger partial charge >= 0.3 is 0 Å². The van der Waals surface area contributed by atoms with Crippen LogP contribution in [-0.4, -0.2) is 54.3 Å². The minimum absolute atomic E-state index is 0.118. The average Bonchev–Trinajstić information content (AvgIpc) is 2.77. The molecule has 30 heavy (non-hydrogen) atoms. The van der Waals surface area contributed by atoms with E-state index < -0.39 is 0 Å².